The lowest BCUT2D eigenvalue weighted by Gasteiger charge is -2.32. The Labute approximate surface area is 300 Å². The third kappa shape index (κ3) is 7.03. The number of alkyl halides is 3. The molecule has 3 amide bonds. The molecule has 1 aliphatic rings. The predicted octanol–water partition coefficient (Wildman–Crippen LogP) is 7.79. The summed E-state index contributed by atoms with van der Waals surface area (Å²) in [5, 5.41) is 0. The Bertz CT molecular complexity index is 2050. The Morgan fingerprint density at radius 1 is 0.755 bits per heavy atom. The van der Waals surface area contributed by atoms with Gasteiger partial charge in [-0.25, -0.2) is 28.1 Å². The molecule has 1 aliphatic heterocycles. The topological polar surface area (TPSA) is 115 Å². The Balaban J connectivity index is 1.68. The molecule has 4 aromatic rings. The highest BCUT2D eigenvalue weighted by Crippen LogP contribution is 2.43. The molecule has 0 N–H and O–H groups in total. The van der Waals surface area contributed by atoms with Crippen LogP contribution in [-0.4, -0.2) is 62.8 Å². The number of esters is 2. The van der Waals surface area contributed by atoms with E-state index in [0.29, 0.717) is 17.0 Å². The second-order valence-electron chi connectivity index (χ2n) is 12.1. The summed E-state index contributed by atoms with van der Waals surface area (Å²) in [6.07, 6.45) is -5.11. The minimum absolute atomic E-state index is 0.0641. The number of nitrogens with zero attached hydrogens (tertiary/aromatic N) is 3. The number of rotatable bonds is 10. The van der Waals surface area contributed by atoms with Gasteiger partial charge in [-0.3, -0.25) is 4.79 Å². The summed E-state index contributed by atoms with van der Waals surface area (Å²) in [7, 11) is 5.02. The summed E-state index contributed by atoms with van der Waals surface area (Å²) in [6, 6.07) is 13.1. The Hall–Kier alpha value is -6.19. The van der Waals surface area contributed by atoms with Gasteiger partial charge in [-0.15, -0.1) is 0 Å². The summed E-state index contributed by atoms with van der Waals surface area (Å²) < 4.78 is 90.8. The van der Waals surface area contributed by atoms with E-state index in [0.717, 1.165) is 23.1 Å². The maximum absolute atomic E-state index is 15.3. The van der Waals surface area contributed by atoms with Crippen LogP contribution in [0.5, 0.6) is 11.5 Å². The van der Waals surface area contributed by atoms with E-state index in [9.17, 15) is 36.7 Å². The number of anilines is 4. The molecule has 0 radical (unpaired) electrons. The molecule has 278 valence electrons. The van der Waals surface area contributed by atoms with E-state index in [-0.39, 0.29) is 51.8 Å². The predicted molar refractivity (Wildman–Crippen MR) is 181 cm³/mol. The molecular weight excluding hydrogens is 709 g/mol. The van der Waals surface area contributed by atoms with Crippen molar-refractivity contribution >= 4 is 46.6 Å². The summed E-state index contributed by atoms with van der Waals surface area (Å²) >= 11 is 0. The van der Waals surface area contributed by atoms with Gasteiger partial charge >= 0.3 is 24.1 Å². The summed E-state index contributed by atoms with van der Waals surface area (Å²) in [4.78, 5) is 55.7. The number of carbonyl (C=O) groups is 4. The highest BCUT2D eigenvalue weighted by molar-refractivity contribution is 6.23. The van der Waals surface area contributed by atoms with Gasteiger partial charge in [0.25, 0.3) is 5.91 Å². The van der Waals surface area contributed by atoms with Crippen molar-refractivity contribution in [3.8, 4) is 11.5 Å². The van der Waals surface area contributed by atoms with Crippen molar-refractivity contribution in [3.63, 3.8) is 0 Å². The highest BCUT2D eigenvalue weighted by Gasteiger charge is 2.52. The fourth-order valence-corrected chi connectivity index (χ4v) is 5.87. The molecule has 0 bridgehead atoms. The second-order valence-corrected chi connectivity index (χ2v) is 12.1. The standard InChI is InChI=1S/C37H32F5N3O8/c1-36(2)34(48)45(22-11-14-28(39)27(16-22)37(40,41)42)35(49)43(36)19-20-7-8-21(38)15-29(20)44(23-9-12-25(32(46)52-5)30(17-23)50-3)24-10-13-26(33(47)53-6)31(18-24)51-4/h7-18H,19H2,1-6H3. The minimum atomic E-state index is -5.11. The van der Waals surface area contributed by atoms with Gasteiger partial charge in [0.15, 0.2) is 0 Å². The number of halogens is 5. The van der Waals surface area contributed by atoms with Gasteiger partial charge < -0.3 is 28.7 Å². The van der Waals surface area contributed by atoms with E-state index in [1.54, 1.807) is 0 Å². The van der Waals surface area contributed by atoms with Crippen LogP contribution in [0.25, 0.3) is 0 Å². The zero-order valence-corrected chi connectivity index (χ0v) is 29.1. The van der Waals surface area contributed by atoms with Crippen LogP contribution >= 0.6 is 0 Å². The van der Waals surface area contributed by atoms with Crippen molar-refractivity contribution in [1.82, 2.24) is 4.90 Å². The maximum Gasteiger partial charge on any atom is 0.419 e. The first-order valence-electron chi connectivity index (χ1n) is 15.6. The molecule has 11 nitrogen and oxygen atoms in total. The molecule has 5 rings (SSSR count). The third-order valence-electron chi connectivity index (χ3n) is 8.65. The van der Waals surface area contributed by atoms with E-state index < -0.39 is 58.5 Å². The Morgan fingerprint density at radius 2 is 1.30 bits per heavy atom. The first-order valence-corrected chi connectivity index (χ1v) is 15.6. The number of benzene rings is 4. The number of hydrogen-bond acceptors (Lipinski definition) is 9. The van der Waals surface area contributed by atoms with Crippen molar-refractivity contribution in [2.45, 2.75) is 32.1 Å². The van der Waals surface area contributed by atoms with Crippen LogP contribution in [0.4, 0.5) is 49.5 Å². The quantitative estimate of drug-likeness (QED) is 0.0913. The largest absolute Gasteiger partial charge is 0.496 e. The first kappa shape index (κ1) is 38.1. The molecule has 53 heavy (non-hydrogen) atoms. The van der Waals surface area contributed by atoms with Gasteiger partial charge in [0.1, 0.15) is 39.8 Å². The van der Waals surface area contributed by atoms with Gasteiger partial charge in [-0.05, 0) is 74.0 Å². The number of hydrogen-bond donors (Lipinski definition) is 0. The number of amides is 3. The average molecular weight is 742 g/mol. The highest BCUT2D eigenvalue weighted by atomic mass is 19.4. The number of urea groups is 1. The van der Waals surface area contributed by atoms with Crippen molar-refractivity contribution in [2.75, 3.05) is 38.2 Å². The van der Waals surface area contributed by atoms with E-state index in [2.05, 4.69) is 0 Å². The number of methoxy groups -OCH3 is 4. The number of imide groups is 1. The van der Waals surface area contributed by atoms with E-state index in [4.69, 9.17) is 18.9 Å². The molecule has 0 atom stereocenters. The van der Waals surface area contributed by atoms with Crippen LogP contribution in [0, 0.1) is 11.6 Å². The molecular formula is C37H32F5N3O8. The maximum atomic E-state index is 15.3. The van der Waals surface area contributed by atoms with Crippen LogP contribution in [0.3, 0.4) is 0 Å². The van der Waals surface area contributed by atoms with Gasteiger partial charge in [0, 0.05) is 23.5 Å². The molecule has 4 aromatic carbocycles. The fourth-order valence-electron chi connectivity index (χ4n) is 5.87. The van der Waals surface area contributed by atoms with E-state index >= 15 is 4.39 Å². The van der Waals surface area contributed by atoms with E-state index in [1.807, 2.05) is 0 Å². The van der Waals surface area contributed by atoms with Gasteiger partial charge in [0.2, 0.25) is 0 Å². The normalized spacial score (nSPS) is 13.9. The van der Waals surface area contributed by atoms with Crippen LogP contribution in [0.15, 0.2) is 72.8 Å². The molecule has 1 saturated heterocycles. The van der Waals surface area contributed by atoms with Crippen LogP contribution in [0.1, 0.15) is 45.7 Å². The smallest absolute Gasteiger partial charge is 0.419 e. The lowest BCUT2D eigenvalue weighted by atomic mass is 10.0. The summed E-state index contributed by atoms with van der Waals surface area (Å²) in [5.41, 5.74) is -2.78. The van der Waals surface area contributed by atoms with Crippen molar-refractivity contribution in [1.29, 1.82) is 0 Å². The monoisotopic (exact) mass is 741 g/mol. The molecule has 1 fully saturated rings. The molecule has 1 heterocycles. The molecule has 0 aromatic heterocycles. The molecule has 0 saturated carbocycles. The molecule has 0 unspecified atom stereocenters. The Morgan fingerprint density at radius 3 is 1.79 bits per heavy atom. The molecule has 0 aliphatic carbocycles. The van der Waals surface area contributed by atoms with Crippen molar-refractivity contribution < 1.29 is 60.1 Å². The number of ether oxygens (including phenoxy) is 4. The van der Waals surface area contributed by atoms with E-state index in [1.165, 1.54) is 89.7 Å². The van der Waals surface area contributed by atoms with Crippen LogP contribution in [-0.2, 0) is 27.0 Å². The van der Waals surface area contributed by atoms with Crippen LogP contribution < -0.4 is 19.3 Å². The zero-order chi connectivity index (χ0) is 39.0. The van der Waals surface area contributed by atoms with Gasteiger partial charge in [-0.2, -0.15) is 13.2 Å². The van der Waals surface area contributed by atoms with Crippen molar-refractivity contribution in [2.24, 2.45) is 0 Å². The minimum Gasteiger partial charge on any atom is -0.496 e. The number of carbonyl (C=O) groups excluding carboxylic acids is 4. The summed E-state index contributed by atoms with van der Waals surface area (Å²) in [5.74, 6) is -4.46. The fraction of sp³-hybridized carbons (Fsp3) is 0.243. The lowest BCUT2D eigenvalue weighted by molar-refractivity contribution is -0.140. The average Bonchev–Trinajstić information content (AvgIpc) is 3.29. The zero-order valence-electron chi connectivity index (χ0n) is 29.1. The third-order valence-corrected chi connectivity index (χ3v) is 8.65. The van der Waals surface area contributed by atoms with Crippen LogP contribution in [0.2, 0.25) is 0 Å². The Kier molecular flexibility index (Phi) is 10.4. The summed E-state index contributed by atoms with van der Waals surface area (Å²) in [6.45, 7) is 2.38. The first-order chi connectivity index (χ1) is 25.0. The van der Waals surface area contributed by atoms with Gasteiger partial charge in [-0.1, -0.05) is 6.07 Å². The SMILES string of the molecule is COC(=O)c1ccc(N(c2ccc(C(=O)OC)c(OC)c2)c2cc(F)ccc2CN2C(=O)N(c3ccc(F)c(C(F)(F)F)c3)C(=O)C2(C)C)cc1OC. The molecule has 0 spiro atoms. The van der Waals surface area contributed by atoms with Crippen molar-refractivity contribution in [3.05, 3.63) is 107 Å². The second kappa shape index (κ2) is 14.4. The molecule has 16 heteroatoms. The lowest BCUT2D eigenvalue weighted by Crippen LogP contribution is -2.43. The van der Waals surface area contributed by atoms with Gasteiger partial charge in [0.05, 0.1) is 51.9 Å².